The van der Waals surface area contributed by atoms with Crippen LogP contribution in [0.2, 0.25) is 0 Å². The van der Waals surface area contributed by atoms with Gasteiger partial charge in [-0.1, -0.05) is 13.8 Å². The minimum absolute atomic E-state index is 0.0809. The summed E-state index contributed by atoms with van der Waals surface area (Å²) in [6.07, 6.45) is 6.57. The van der Waals surface area contributed by atoms with E-state index < -0.39 is 0 Å². The van der Waals surface area contributed by atoms with Crippen molar-refractivity contribution in [1.29, 1.82) is 0 Å². The van der Waals surface area contributed by atoms with Gasteiger partial charge in [-0.25, -0.2) is 0 Å². The molecule has 0 aliphatic rings. The molecule has 2 nitrogen and oxygen atoms in total. The third kappa shape index (κ3) is 3.07. The largest absolute Gasteiger partial charge is 0.325 e. The molecule has 0 amide bonds. The SMILES string of the molecule is CCC(N)(CC)Cc1cncc(Br)c1. The zero-order valence-electron chi connectivity index (χ0n) is 8.76. The average Bonchev–Trinajstić information content (AvgIpc) is 2.18. The van der Waals surface area contributed by atoms with Gasteiger partial charge in [0.05, 0.1) is 0 Å². The summed E-state index contributed by atoms with van der Waals surface area (Å²) in [5.74, 6) is 0. The van der Waals surface area contributed by atoms with Gasteiger partial charge in [0.1, 0.15) is 0 Å². The number of pyridine rings is 1. The summed E-state index contributed by atoms with van der Waals surface area (Å²) in [5.41, 5.74) is 7.35. The predicted molar refractivity (Wildman–Crippen MR) is 63.1 cm³/mol. The lowest BCUT2D eigenvalue weighted by atomic mass is 9.87. The molecule has 1 heterocycles. The molecule has 3 heteroatoms. The van der Waals surface area contributed by atoms with E-state index in [-0.39, 0.29) is 5.54 Å². The third-order valence-electron chi connectivity index (χ3n) is 2.73. The summed E-state index contributed by atoms with van der Waals surface area (Å²) in [5, 5.41) is 0. The van der Waals surface area contributed by atoms with Gasteiger partial charge in [0.2, 0.25) is 0 Å². The maximum Gasteiger partial charge on any atom is 0.0410 e. The van der Waals surface area contributed by atoms with Gasteiger partial charge < -0.3 is 5.73 Å². The van der Waals surface area contributed by atoms with Crippen molar-refractivity contribution in [2.75, 3.05) is 0 Å². The molecule has 0 atom stereocenters. The Morgan fingerprint density at radius 3 is 2.50 bits per heavy atom. The summed E-state index contributed by atoms with van der Waals surface area (Å²) in [6.45, 7) is 4.27. The van der Waals surface area contributed by atoms with Gasteiger partial charge in [-0.3, -0.25) is 4.98 Å². The Hall–Kier alpha value is -0.410. The summed E-state index contributed by atoms with van der Waals surface area (Å²) >= 11 is 3.41. The van der Waals surface area contributed by atoms with Crippen LogP contribution < -0.4 is 5.73 Å². The highest BCUT2D eigenvalue weighted by atomic mass is 79.9. The number of hydrogen-bond acceptors (Lipinski definition) is 2. The fraction of sp³-hybridized carbons (Fsp3) is 0.545. The van der Waals surface area contributed by atoms with E-state index in [0.717, 1.165) is 23.7 Å². The zero-order valence-corrected chi connectivity index (χ0v) is 10.3. The Balaban J connectivity index is 2.77. The quantitative estimate of drug-likeness (QED) is 0.900. The molecule has 0 bridgehead atoms. The molecule has 1 aromatic rings. The molecule has 2 N–H and O–H groups in total. The number of hydrogen-bond donors (Lipinski definition) is 1. The van der Waals surface area contributed by atoms with Crippen LogP contribution >= 0.6 is 15.9 Å². The molecule has 0 saturated heterocycles. The molecular formula is C11H17BrN2. The van der Waals surface area contributed by atoms with Crippen molar-refractivity contribution in [3.8, 4) is 0 Å². The van der Waals surface area contributed by atoms with Crippen molar-refractivity contribution in [3.63, 3.8) is 0 Å². The number of rotatable bonds is 4. The molecule has 0 spiro atoms. The lowest BCUT2D eigenvalue weighted by molar-refractivity contribution is 0.393. The first-order chi connectivity index (χ1) is 6.59. The minimum atomic E-state index is -0.0809. The Labute approximate surface area is 94.0 Å². The smallest absolute Gasteiger partial charge is 0.0410 e. The van der Waals surface area contributed by atoms with Gasteiger partial charge in [-0.15, -0.1) is 0 Å². The second kappa shape index (κ2) is 4.89. The van der Waals surface area contributed by atoms with E-state index in [1.807, 2.05) is 6.20 Å². The van der Waals surface area contributed by atoms with Crippen LogP contribution in [0.15, 0.2) is 22.9 Å². The molecule has 0 fully saturated rings. The van der Waals surface area contributed by atoms with Crippen molar-refractivity contribution >= 4 is 15.9 Å². The summed E-state index contributed by atoms with van der Waals surface area (Å²) < 4.78 is 1.02. The standard InChI is InChI=1S/C11H17BrN2/c1-3-11(13,4-2)6-9-5-10(12)8-14-7-9/h5,7-8H,3-4,6,13H2,1-2H3. The van der Waals surface area contributed by atoms with Crippen molar-refractivity contribution < 1.29 is 0 Å². The van der Waals surface area contributed by atoms with Crippen LogP contribution in [-0.4, -0.2) is 10.5 Å². The molecule has 78 valence electrons. The van der Waals surface area contributed by atoms with E-state index in [9.17, 15) is 0 Å². The highest BCUT2D eigenvalue weighted by Crippen LogP contribution is 2.19. The predicted octanol–water partition coefficient (Wildman–Crippen LogP) is 2.90. The van der Waals surface area contributed by atoms with Gasteiger partial charge >= 0.3 is 0 Å². The van der Waals surface area contributed by atoms with Gasteiger partial charge in [0.15, 0.2) is 0 Å². The van der Waals surface area contributed by atoms with E-state index in [4.69, 9.17) is 5.73 Å². The van der Waals surface area contributed by atoms with Crippen LogP contribution in [-0.2, 0) is 6.42 Å². The fourth-order valence-electron chi connectivity index (χ4n) is 1.46. The first-order valence-corrected chi connectivity index (χ1v) is 5.77. The van der Waals surface area contributed by atoms with Crippen LogP contribution in [0.4, 0.5) is 0 Å². The molecule has 1 rings (SSSR count). The normalized spacial score (nSPS) is 11.7. The summed E-state index contributed by atoms with van der Waals surface area (Å²) in [7, 11) is 0. The van der Waals surface area contributed by atoms with Crippen molar-refractivity contribution in [2.24, 2.45) is 5.73 Å². The van der Waals surface area contributed by atoms with Crippen LogP contribution in [0.25, 0.3) is 0 Å². The van der Waals surface area contributed by atoms with Crippen LogP contribution in [0.3, 0.4) is 0 Å². The van der Waals surface area contributed by atoms with E-state index in [1.165, 1.54) is 5.56 Å². The van der Waals surface area contributed by atoms with Crippen molar-refractivity contribution in [2.45, 2.75) is 38.6 Å². The Bertz CT molecular complexity index is 295. The van der Waals surface area contributed by atoms with Crippen LogP contribution in [0.1, 0.15) is 32.3 Å². The van der Waals surface area contributed by atoms with Gasteiger partial charge in [0, 0.05) is 22.4 Å². The highest BCUT2D eigenvalue weighted by Gasteiger charge is 2.20. The molecule has 0 saturated carbocycles. The average molecular weight is 257 g/mol. The fourth-order valence-corrected chi connectivity index (χ4v) is 1.87. The maximum absolute atomic E-state index is 6.24. The molecule has 0 aromatic carbocycles. The van der Waals surface area contributed by atoms with E-state index in [0.29, 0.717) is 0 Å². The first-order valence-electron chi connectivity index (χ1n) is 4.98. The van der Waals surface area contributed by atoms with E-state index >= 15 is 0 Å². The first kappa shape index (κ1) is 11.7. The number of halogens is 1. The van der Waals surface area contributed by atoms with Crippen LogP contribution in [0.5, 0.6) is 0 Å². The molecular weight excluding hydrogens is 240 g/mol. The zero-order chi connectivity index (χ0) is 10.6. The maximum atomic E-state index is 6.24. The Kier molecular flexibility index (Phi) is 4.08. The second-order valence-corrected chi connectivity index (χ2v) is 4.67. The topological polar surface area (TPSA) is 38.9 Å². The molecule has 0 unspecified atom stereocenters. The Morgan fingerprint density at radius 1 is 1.36 bits per heavy atom. The molecule has 0 aliphatic heterocycles. The van der Waals surface area contributed by atoms with Crippen molar-refractivity contribution in [1.82, 2.24) is 4.98 Å². The third-order valence-corrected chi connectivity index (χ3v) is 3.16. The van der Waals surface area contributed by atoms with Gasteiger partial charge in [-0.2, -0.15) is 0 Å². The number of aromatic nitrogens is 1. The Morgan fingerprint density at radius 2 is 2.00 bits per heavy atom. The summed E-state index contributed by atoms with van der Waals surface area (Å²) in [4.78, 5) is 4.13. The second-order valence-electron chi connectivity index (χ2n) is 3.76. The summed E-state index contributed by atoms with van der Waals surface area (Å²) in [6, 6.07) is 2.08. The minimum Gasteiger partial charge on any atom is -0.325 e. The van der Waals surface area contributed by atoms with E-state index in [2.05, 4.69) is 40.8 Å². The van der Waals surface area contributed by atoms with E-state index in [1.54, 1.807) is 6.20 Å². The molecule has 1 aromatic heterocycles. The molecule has 0 aliphatic carbocycles. The monoisotopic (exact) mass is 256 g/mol. The lowest BCUT2D eigenvalue weighted by Crippen LogP contribution is -2.40. The van der Waals surface area contributed by atoms with Crippen LogP contribution in [0, 0.1) is 0 Å². The molecule has 14 heavy (non-hydrogen) atoms. The number of nitrogens with zero attached hydrogens (tertiary/aromatic N) is 1. The van der Waals surface area contributed by atoms with Gasteiger partial charge in [0.25, 0.3) is 0 Å². The van der Waals surface area contributed by atoms with Crippen molar-refractivity contribution in [3.05, 3.63) is 28.5 Å². The highest BCUT2D eigenvalue weighted by molar-refractivity contribution is 9.10. The molecule has 0 radical (unpaired) electrons. The van der Waals surface area contributed by atoms with Gasteiger partial charge in [-0.05, 0) is 46.8 Å². The number of nitrogens with two attached hydrogens (primary N) is 1. The lowest BCUT2D eigenvalue weighted by Gasteiger charge is -2.26.